The Labute approximate surface area is 147 Å². The van der Waals surface area contributed by atoms with Crippen LogP contribution in [0.2, 0.25) is 0 Å². The van der Waals surface area contributed by atoms with Crippen LogP contribution in [0.15, 0.2) is 23.2 Å². The van der Waals surface area contributed by atoms with Gasteiger partial charge in [0.15, 0.2) is 4.80 Å². The van der Waals surface area contributed by atoms with Gasteiger partial charge in [-0.1, -0.05) is 11.3 Å². The minimum absolute atomic E-state index is 0.151. The first-order valence-electron chi connectivity index (χ1n) is 6.96. The van der Waals surface area contributed by atoms with Crippen LogP contribution in [0, 0.1) is 5.82 Å². The van der Waals surface area contributed by atoms with Gasteiger partial charge in [-0.15, -0.1) is 0 Å². The molecule has 25 heavy (non-hydrogen) atoms. The van der Waals surface area contributed by atoms with Crippen LogP contribution in [0.25, 0.3) is 10.2 Å². The SMILES string of the molecule is COC(=O)Cn1c(=NC(=O)CN(C)S(C)(=O)=O)sc2cc(F)ccc21. The van der Waals surface area contributed by atoms with Gasteiger partial charge in [-0.25, -0.2) is 12.8 Å². The van der Waals surface area contributed by atoms with E-state index in [2.05, 4.69) is 9.73 Å². The Hall–Kier alpha value is -2.11. The highest BCUT2D eigenvalue weighted by molar-refractivity contribution is 7.88. The van der Waals surface area contributed by atoms with Crippen LogP contribution in [0.5, 0.6) is 0 Å². The highest BCUT2D eigenvalue weighted by atomic mass is 32.2. The second-order valence-electron chi connectivity index (χ2n) is 5.18. The summed E-state index contributed by atoms with van der Waals surface area (Å²) in [4.78, 5) is 27.7. The lowest BCUT2D eigenvalue weighted by Crippen LogP contribution is -2.31. The number of esters is 1. The van der Waals surface area contributed by atoms with Gasteiger partial charge in [-0.3, -0.25) is 9.59 Å². The Bertz CT molecular complexity index is 994. The molecule has 0 radical (unpaired) electrons. The van der Waals surface area contributed by atoms with Gasteiger partial charge in [-0.2, -0.15) is 9.30 Å². The molecule has 0 spiro atoms. The molecule has 0 unspecified atom stereocenters. The fourth-order valence-electron chi connectivity index (χ4n) is 1.93. The van der Waals surface area contributed by atoms with Crippen molar-refractivity contribution in [2.45, 2.75) is 6.54 Å². The zero-order chi connectivity index (χ0) is 18.8. The van der Waals surface area contributed by atoms with E-state index in [0.717, 1.165) is 21.9 Å². The lowest BCUT2D eigenvalue weighted by atomic mass is 10.3. The van der Waals surface area contributed by atoms with Crippen molar-refractivity contribution in [1.82, 2.24) is 8.87 Å². The molecule has 0 atom stereocenters. The number of halogens is 1. The van der Waals surface area contributed by atoms with Crippen molar-refractivity contribution in [3.05, 3.63) is 28.8 Å². The van der Waals surface area contributed by atoms with E-state index in [1.54, 1.807) is 0 Å². The monoisotopic (exact) mass is 389 g/mol. The van der Waals surface area contributed by atoms with E-state index in [-0.39, 0.29) is 11.3 Å². The first-order chi connectivity index (χ1) is 11.6. The van der Waals surface area contributed by atoms with Crippen LogP contribution < -0.4 is 4.80 Å². The number of benzene rings is 1. The van der Waals surface area contributed by atoms with Gasteiger partial charge in [0.2, 0.25) is 10.0 Å². The molecule has 1 aromatic heterocycles. The molecule has 1 heterocycles. The number of likely N-dealkylation sites (N-methyl/N-ethyl adjacent to an activating group) is 1. The third-order valence-electron chi connectivity index (χ3n) is 3.30. The molecule has 0 saturated heterocycles. The summed E-state index contributed by atoms with van der Waals surface area (Å²) in [7, 11) is -1.05. The highest BCUT2D eigenvalue weighted by Crippen LogP contribution is 2.18. The van der Waals surface area contributed by atoms with Gasteiger partial charge >= 0.3 is 5.97 Å². The molecule has 11 heteroatoms. The fourth-order valence-corrected chi connectivity index (χ4v) is 3.35. The van der Waals surface area contributed by atoms with Crippen LogP contribution in [0.4, 0.5) is 4.39 Å². The molecule has 0 saturated carbocycles. The second kappa shape index (κ2) is 7.42. The number of sulfonamides is 1. The molecule has 2 aromatic rings. The van der Waals surface area contributed by atoms with E-state index in [1.807, 2.05) is 0 Å². The minimum atomic E-state index is -3.53. The van der Waals surface area contributed by atoms with E-state index >= 15 is 0 Å². The maximum absolute atomic E-state index is 13.4. The number of fused-ring (bicyclic) bond motifs is 1. The molecular weight excluding hydrogens is 373 g/mol. The summed E-state index contributed by atoms with van der Waals surface area (Å²) in [5, 5.41) is 0. The summed E-state index contributed by atoms with van der Waals surface area (Å²) >= 11 is 1.01. The summed E-state index contributed by atoms with van der Waals surface area (Å²) in [6.07, 6.45) is 0.972. The van der Waals surface area contributed by atoms with E-state index in [9.17, 15) is 22.4 Å². The summed E-state index contributed by atoms with van der Waals surface area (Å²) < 4.78 is 43.6. The fraction of sp³-hybridized carbons (Fsp3) is 0.357. The first kappa shape index (κ1) is 19.2. The average molecular weight is 389 g/mol. The van der Waals surface area contributed by atoms with Gasteiger partial charge in [-0.05, 0) is 18.2 Å². The van der Waals surface area contributed by atoms with Crippen LogP contribution in [-0.4, -0.2) is 56.1 Å². The minimum Gasteiger partial charge on any atom is -0.468 e. The zero-order valence-corrected chi connectivity index (χ0v) is 15.4. The molecule has 0 N–H and O–H groups in total. The summed E-state index contributed by atoms with van der Waals surface area (Å²) in [6, 6.07) is 3.96. The smallest absolute Gasteiger partial charge is 0.325 e. The Balaban J connectivity index is 2.49. The molecule has 8 nitrogen and oxygen atoms in total. The number of amides is 1. The predicted octanol–water partition coefficient (Wildman–Crippen LogP) is 0.334. The van der Waals surface area contributed by atoms with Crippen molar-refractivity contribution < 1.29 is 27.1 Å². The number of hydrogen-bond donors (Lipinski definition) is 0. The van der Waals surface area contributed by atoms with E-state index in [4.69, 9.17) is 0 Å². The van der Waals surface area contributed by atoms with Crippen molar-refractivity contribution in [1.29, 1.82) is 0 Å². The topological polar surface area (TPSA) is 98.0 Å². The number of carbonyl (C=O) groups is 2. The molecule has 1 amide bonds. The van der Waals surface area contributed by atoms with Crippen molar-refractivity contribution in [2.75, 3.05) is 27.0 Å². The molecule has 2 rings (SSSR count). The highest BCUT2D eigenvalue weighted by Gasteiger charge is 2.16. The van der Waals surface area contributed by atoms with Gasteiger partial charge in [0.25, 0.3) is 5.91 Å². The maximum atomic E-state index is 13.4. The number of hydrogen-bond acceptors (Lipinski definition) is 6. The molecule has 0 aliphatic heterocycles. The van der Waals surface area contributed by atoms with Gasteiger partial charge in [0, 0.05) is 7.05 Å². The molecule has 0 aliphatic carbocycles. The first-order valence-corrected chi connectivity index (χ1v) is 9.63. The molecule has 0 fully saturated rings. The second-order valence-corrected chi connectivity index (χ2v) is 8.28. The van der Waals surface area contributed by atoms with Crippen LogP contribution in [0.3, 0.4) is 0 Å². The largest absolute Gasteiger partial charge is 0.468 e. The lowest BCUT2D eigenvalue weighted by molar-refractivity contribution is -0.141. The summed E-state index contributed by atoms with van der Waals surface area (Å²) in [5.74, 6) is -1.74. The zero-order valence-electron chi connectivity index (χ0n) is 13.7. The van der Waals surface area contributed by atoms with E-state index in [1.165, 1.54) is 36.9 Å². The predicted molar refractivity (Wildman–Crippen MR) is 89.8 cm³/mol. The number of thiazole rings is 1. The van der Waals surface area contributed by atoms with E-state index < -0.39 is 34.3 Å². The summed E-state index contributed by atoms with van der Waals surface area (Å²) in [5.41, 5.74) is 0.514. The maximum Gasteiger partial charge on any atom is 0.325 e. The quantitative estimate of drug-likeness (QED) is 0.687. The Kier molecular flexibility index (Phi) is 5.70. The molecule has 1 aromatic carbocycles. The van der Waals surface area contributed by atoms with Crippen molar-refractivity contribution >= 4 is 43.5 Å². The van der Waals surface area contributed by atoms with Gasteiger partial charge in [0.05, 0.1) is 30.1 Å². The summed E-state index contributed by atoms with van der Waals surface area (Å²) in [6.45, 7) is -0.657. The normalized spacial score (nSPS) is 12.8. The molecular formula is C14H16FN3O5S2. The van der Waals surface area contributed by atoms with Crippen molar-refractivity contribution in [2.24, 2.45) is 4.99 Å². The van der Waals surface area contributed by atoms with Crippen LogP contribution in [0.1, 0.15) is 0 Å². The third-order valence-corrected chi connectivity index (χ3v) is 5.61. The molecule has 0 bridgehead atoms. The number of rotatable bonds is 5. The number of nitrogens with zero attached hydrogens (tertiary/aromatic N) is 3. The number of methoxy groups -OCH3 is 1. The third kappa shape index (κ3) is 4.71. The molecule has 0 aliphatic rings. The number of ether oxygens (including phenoxy) is 1. The number of aromatic nitrogens is 1. The van der Waals surface area contributed by atoms with Gasteiger partial charge in [0.1, 0.15) is 12.4 Å². The van der Waals surface area contributed by atoms with Crippen LogP contribution >= 0.6 is 11.3 Å². The lowest BCUT2D eigenvalue weighted by Gasteiger charge is -2.10. The van der Waals surface area contributed by atoms with Gasteiger partial charge < -0.3 is 9.30 Å². The Morgan fingerprint density at radius 1 is 1.40 bits per heavy atom. The van der Waals surface area contributed by atoms with Crippen LogP contribution in [-0.2, 0) is 30.9 Å². The Morgan fingerprint density at radius 2 is 2.08 bits per heavy atom. The Morgan fingerprint density at radius 3 is 2.68 bits per heavy atom. The number of carbonyl (C=O) groups excluding carboxylic acids is 2. The van der Waals surface area contributed by atoms with E-state index in [0.29, 0.717) is 10.2 Å². The average Bonchev–Trinajstić information content (AvgIpc) is 2.82. The standard InChI is InChI=1S/C14H16FN3O5S2/c1-17(25(3,21)22)7-12(19)16-14-18(8-13(20)23-2)10-5-4-9(15)6-11(10)24-14/h4-6H,7-8H2,1-3H3. The molecule has 136 valence electrons. The van der Waals surface area contributed by atoms with Crippen molar-refractivity contribution in [3.8, 4) is 0 Å². The van der Waals surface area contributed by atoms with Crippen molar-refractivity contribution in [3.63, 3.8) is 0 Å².